The fraction of sp³-hybridized carbons (Fsp3) is 0.235. The quantitative estimate of drug-likeness (QED) is 0.817. The van der Waals surface area contributed by atoms with Gasteiger partial charge in [-0.2, -0.15) is 15.2 Å². The van der Waals surface area contributed by atoms with Gasteiger partial charge in [-0.05, 0) is 39.0 Å². The molecular weight excluding hydrogens is 276 g/mol. The van der Waals surface area contributed by atoms with E-state index >= 15 is 0 Å². The van der Waals surface area contributed by atoms with Gasteiger partial charge < -0.3 is 0 Å². The summed E-state index contributed by atoms with van der Waals surface area (Å²) in [6, 6.07) is 9.45. The number of amides is 1. The van der Waals surface area contributed by atoms with Crippen LogP contribution in [0, 0.1) is 6.92 Å². The van der Waals surface area contributed by atoms with Gasteiger partial charge in [-0.15, -0.1) is 0 Å². The molecule has 5 heteroatoms. The van der Waals surface area contributed by atoms with Crippen LogP contribution in [0.25, 0.3) is 6.08 Å². The van der Waals surface area contributed by atoms with E-state index in [0.717, 1.165) is 29.2 Å². The minimum atomic E-state index is -0.104. The molecule has 0 radical (unpaired) electrons. The van der Waals surface area contributed by atoms with Crippen LogP contribution in [0.15, 0.2) is 47.2 Å². The largest absolute Gasteiger partial charge is 0.280 e. The van der Waals surface area contributed by atoms with Crippen LogP contribution in [0.1, 0.15) is 25.1 Å². The van der Waals surface area contributed by atoms with Gasteiger partial charge in [0, 0.05) is 17.8 Å². The number of hydrogen-bond donors (Lipinski definition) is 0. The second-order valence-electron chi connectivity index (χ2n) is 5.20. The molecule has 1 amide bonds. The summed E-state index contributed by atoms with van der Waals surface area (Å²) < 4.78 is 1.91. The molecule has 0 unspecified atom stereocenters. The second kappa shape index (κ2) is 5.60. The minimum absolute atomic E-state index is 0.104. The Morgan fingerprint density at radius 2 is 1.91 bits per heavy atom. The Labute approximate surface area is 129 Å². The molecule has 0 bridgehead atoms. The lowest BCUT2D eigenvalue weighted by molar-refractivity contribution is -0.114. The van der Waals surface area contributed by atoms with E-state index in [-0.39, 0.29) is 5.91 Å². The molecule has 2 heterocycles. The number of carbonyl (C=O) groups is 1. The van der Waals surface area contributed by atoms with E-state index in [1.807, 2.05) is 61.9 Å². The first-order valence-electron chi connectivity index (χ1n) is 7.31. The normalized spacial score (nSPS) is 16.5. The zero-order valence-corrected chi connectivity index (χ0v) is 12.9. The van der Waals surface area contributed by atoms with Crippen LogP contribution in [0.4, 0.5) is 5.69 Å². The molecule has 112 valence electrons. The Balaban J connectivity index is 1.96. The Morgan fingerprint density at radius 3 is 2.55 bits per heavy atom. The Kier molecular flexibility index (Phi) is 3.63. The van der Waals surface area contributed by atoms with Crippen LogP contribution in [0.3, 0.4) is 0 Å². The number of benzene rings is 1. The molecule has 0 spiro atoms. The van der Waals surface area contributed by atoms with E-state index in [2.05, 4.69) is 10.2 Å². The zero-order chi connectivity index (χ0) is 15.7. The smallest absolute Gasteiger partial charge is 0.270 e. The Morgan fingerprint density at radius 1 is 1.18 bits per heavy atom. The van der Waals surface area contributed by atoms with Crippen LogP contribution in [-0.4, -0.2) is 21.4 Å². The van der Waals surface area contributed by atoms with Gasteiger partial charge in [0.2, 0.25) is 0 Å². The average molecular weight is 294 g/mol. The van der Waals surface area contributed by atoms with Crippen molar-refractivity contribution in [3.05, 3.63) is 53.4 Å². The number of hydrogen-bond acceptors (Lipinski definition) is 3. The molecule has 2 aromatic rings. The molecule has 0 N–H and O–H groups in total. The van der Waals surface area contributed by atoms with Gasteiger partial charge in [0.05, 0.1) is 23.2 Å². The number of nitrogens with zero attached hydrogens (tertiary/aromatic N) is 4. The highest BCUT2D eigenvalue weighted by atomic mass is 16.2. The monoisotopic (exact) mass is 294 g/mol. The Hall–Kier alpha value is -2.69. The molecule has 0 atom stereocenters. The number of aryl methyl sites for hydroxylation is 1. The molecule has 1 aromatic heterocycles. The first-order chi connectivity index (χ1) is 10.6. The SMILES string of the molecule is CCn1ncc(/C=C2/C(=O)N(c3ccccc3)N=C2C)c1C. The van der Waals surface area contributed by atoms with Gasteiger partial charge in [0.25, 0.3) is 5.91 Å². The average Bonchev–Trinajstić information content (AvgIpc) is 3.03. The van der Waals surface area contributed by atoms with Crippen LogP contribution in [0.2, 0.25) is 0 Å². The number of anilines is 1. The lowest BCUT2D eigenvalue weighted by Gasteiger charge is -2.10. The number of carbonyl (C=O) groups excluding carboxylic acids is 1. The van der Waals surface area contributed by atoms with Crippen LogP contribution in [0.5, 0.6) is 0 Å². The van der Waals surface area contributed by atoms with Gasteiger partial charge in [-0.3, -0.25) is 9.48 Å². The molecule has 0 saturated heterocycles. The third-order valence-corrected chi connectivity index (χ3v) is 3.80. The van der Waals surface area contributed by atoms with Crippen molar-refractivity contribution in [2.75, 3.05) is 5.01 Å². The number of hydrazone groups is 1. The van der Waals surface area contributed by atoms with Crippen molar-refractivity contribution >= 4 is 23.4 Å². The minimum Gasteiger partial charge on any atom is -0.270 e. The van der Waals surface area contributed by atoms with Gasteiger partial charge in [-0.1, -0.05) is 18.2 Å². The van der Waals surface area contributed by atoms with E-state index in [1.165, 1.54) is 5.01 Å². The van der Waals surface area contributed by atoms with Crippen molar-refractivity contribution in [3.8, 4) is 0 Å². The summed E-state index contributed by atoms with van der Waals surface area (Å²) in [6.45, 7) is 6.71. The fourth-order valence-electron chi connectivity index (χ4n) is 2.51. The molecule has 0 fully saturated rings. The third kappa shape index (κ3) is 2.35. The van der Waals surface area contributed by atoms with Gasteiger partial charge in [-0.25, -0.2) is 0 Å². The number of para-hydroxylation sites is 1. The lowest BCUT2D eigenvalue weighted by atomic mass is 10.1. The summed E-state index contributed by atoms with van der Waals surface area (Å²) in [5, 5.41) is 10.1. The maximum absolute atomic E-state index is 12.6. The maximum atomic E-state index is 12.6. The lowest BCUT2D eigenvalue weighted by Crippen LogP contribution is -2.21. The number of rotatable bonds is 3. The van der Waals surface area contributed by atoms with Crippen molar-refractivity contribution in [3.63, 3.8) is 0 Å². The first-order valence-corrected chi connectivity index (χ1v) is 7.31. The van der Waals surface area contributed by atoms with Crippen LogP contribution < -0.4 is 5.01 Å². The highest BCUT2D eigenvalue weighted by molar-refractivity contribution is 6.32. The predicted octanol–water partition coefficient (Wildman–Crippen LogP) is 3.02. The predicted molar refractivity (Wildman–Crippen MR) is 87.7 cm³/mol. The van der Waals surface area contributed by atoms with Crippen molar-refractivity contribution in [1.29, 1.82) is 0 Å². The zero-order valence-electron chi connectivity index (χ0n) is 12.9. The Bertz CT molecular complexity index is 771. The molecular formula is C17H18N4O. The fourth-order valence-corrected chi connectivity index (χ4v) is 2.51. The van der Waals surface area contributed by atoms with E-state index in [0.29, 0.717) is 5.57 Å². The van der Waals surface area contributed by atoms with E-state index in [1.54, 1.807) is 6.20 Å². The third-order valence-electron chi connectivity index (χ3n) is 3.80. The highest BCUT2D eigenvalue weighted by Crippen LogP contribution is 2.25. The molecule has 22 heavy (non-hydrogen) atoms. The van der Waals surface area contributed by atoms with Gasteiger partial charge in [0.15, 0.2) is 0 Å². The molecule has 1 aromatic carbocycles. The van der Waals surface area contributed by atoms with E-state index in [9.17, 15) is 4.79 Å². The van der Waals surface area contributed by atoms with Crippen molar-refractivity contribution in [2.45, 2.75) is 27.3 Å². The van der Waals surface area contributed by atoms with Crippen molar-refractivity contribution < 1.29 is 4.79 Å². The summed E-state index contributed by atoms with van der Waals surface area (Å²) in [7, 11) is 0. The standard InChI is InChI=1S/C17H18N4O/c1-4-20-13(3)14(11-18-20)10-16-12(2)19-21(17(16)22)15-8-6-5-7-9-15/h5-11H,4H2,1-3H3/b16-10+. The van der Waals surface area contributed by atoms with E-state index < -0.39 is 0 Å². The van der Waals surface area contributed by atoms with Gasteiger partial charge >= 0.3 is 0 Å². The van der Waals surface area contributed by atoms with Crippen LogP contribution >= 0.6 is 0 Å². The summed E-state index contributed by atoms with van der Waals surface area (Å²) in [6.07, 6.45) is 3.66. The highest BCUT2D eigenvalue weighted by Gasteiger charge is 2.28. The molecule has 0 saturated carbocycles. The van der Waals surface area contributed by atoms with Crippen molar-refractivity contribution in [2.24, 2.45) is 5.10 Å². The maximum Gasteiger partial charge on any atom is 0.280 e. The van der Waals surface area contributed by atoms with E-state index in [4.69, 9.17) is 0 Å². The summed E-state index contributed by atoms with van der Waals surface area (Å²) >= 11 is 0. The number of aromatic nitrogens is 2. The van der Waals surface area contributed by atoms with Crippen molar-refractivity contribution in [1.82, 2.24) is 9.78 Å². The topological polar surface area (TPSA) is 50.5 Å². The van der Waals surface area contributed by atoms with Crippen LogP contribution in [-0.2, 0) is 11.3 Å². The second-order valence-corrected chi connectivity index (χ2v) is 5.20. The molecule has 3 rings (SSSR count). The first kappa shape index (κ1) is 14.3. The molecule has 1 aliphatic rings. The summed E-state index contributed by atoms with van der Waals surface area (Å²) in [5.41, 5.74) is 4.11. The van der Waals surface area contributed by atoms with Gasteiger partial charge in [0.1, 0.15) is 0 Å². The summed E-state index contributed by atoms with van der Waals surface area (Å²) in [4.78, 5) is 12.6. The molecule has 1 aliphatic heterocycles. The summed E-state index contributed by atoms with van der Waals surface area (Å²) in [5.74, 6) is -0.104. The molecule has 0 aliphatic carbocycles. The molecule has 5 nitrogen and oxygen atoms in total.